The Balaban J connectivity index is 1.77. The zero-order valence-electron chi connectivity index (χ0n) is 14.8. The number of carbonyl (C=O) groups is 1. The van der Waals surface area contributed by atoms with E-state index in [2.05, 4.69) is 21.7 Å². The molecule has 2 aromatic heterocycles. The van der Waals surface area contributed by atoms with Crippen LogP contribution in [0.5, 0.6) is 5.75 Å². The SMILES string of the molecule is COc1ccc(C2c3[nH]c4ccccc4c3Cc3c(C(=O)O)ccn32)cc1. The molecule has 1 atom stereocenters. The third kappa shape index (κ3) is 2.28. The molecular formula is C22H18N2O3. The number of para-hydroxylation sites is 1. The number of methoxy groups -OCH3 is 1. The van der Waals surface area contributed by atoms with Gasteiger partial charge in [-0.3, -0.25) is 0 Å². The van der Waals surface area contributed by atoms with E-state index in [4.69, 9.17) is 4.74 Å². The summed E-state index contributed by atoms with van der Waals surface area (Å²) in [6.07, 6.45) is 2.47. The molecule has 5 heteroatoms. The number of fused-ring (bicyclic) bond motifs is 4. The van der Waals surface area contributed by atoms with Crippen LogP contribution in [0.3, 0.4) is 0 Å². The molecule has 0 amide bonds. The zero-order chi connectivity index (χ0) is 18.5. The van der Waals surface area contributed by atoms with Crippen molar-refractivity contribution in [3.63, 3.8) is 0 Å². The van der Waals surface area contributed by atoms with Gasteiger partial charge in [0.2, 0.25) is 0 Å². The van der Waals surface area contributed by atoms with E-state index in [0.29, 0.717) is 12.0 Å². The minimum absolute atomic E-state index is 0.102. The molecule has 0 saturated heterocycles. The van der Waals surface area contributed by atoms with Crippen LogP contribution in [-0.4, -0.2) is 27.7 Å². The standard InChI is InChI=1S/C22H18N2O3/c1-27-14-8-6-13(7-9-14)21-20-17(15-4-2-3-5-18(15)23-20)12-19-16(22(25)26)10-11-24(19)21/h2-11,21,23H,12H2,1H3,(H,25,26). The van der Waals surface area contributed by atoms with Crippen molar-refractivity contribution in [3.8, 4) is 5.75 Å². The molecule has 4 aromatic rings. The molecule has 1 aliphatic rings. The van der Waals surface area contributed by atoms with Crippen LogP contribution in [0, 0.1) is 0 Å². The van der Waals surface area contributed by atoms with E-state index >= 15 is 0 Å². The second-order valence-corrected chi connectivity index (χ2v) is 6.80. The summed E-state index contributed by atoms with van der Waals surface area (Å²) in [5, 5.41) is 10.8. The molecule has 0 saturated carbocycles. The normalized spacial score (nSPS) is 15.4. The molecule has 5 nitrogen and oxygen atoms in total. The van der Waals surface area contributed by atoms with Crippen LogP contribution in [0.25, 0.3) is 10.9 Å². The third-order valence-corrected chi connectivity index (χ3v) is 5.43. The van der Waals surface area contributed by atoms with Crippen molar-refractivity contribution in [1.29, 1.82) is 0 Å². The molecule has 27 heavy (non-hydrogen) atoms. The maximum Gasteiger partial charge on any atom is 0.337 e. The molecular weight excluding hydrogens is 340 g/mol. The van der Waals surface area contributed by atoms with Crippen molar-refractivity contribution in [2.24, 2.45) is 0 Å². The van der Waals surface area contributed by atoms with Crippen molar-refractivity contribution in [1.82, 2.24) is 9.55 Å². The third-order valence-electron chi connectivity index (χ3n) is 5.43. The number of aromatic carboxylic acids is 1. The van der Waals surface area contributed by atoms with Gasteiger partial charge in [0.05, 0.1) is 18.7 Å². The molecule has 3 heterocycles. The van der Waals surface area contributed by atoms with Crippen LogP contribution in [-0.2, 0) is 6.42 Å². The summed E-state index contributed by atoms with van der Waals surface area (Å²) in [7, 11) is 1.65. The number of aromatic amines is 1. The summed E-state index contributed by atoms with van der Waals surface area (Å²) in [6.45, 7) is 0. The second-order valence-electron chi connectivity index (χ2n) is 6.80. The lowest BCUT2D eigenvalue weighted by Crippen LogP contribution is -2.22. The number of benzene rings is 2. The predicted molar refractivity (Wildman–Crippen MR) is 103 cm³/mol. The smallest absolute Gasteiger partial charge is 0.337 e. The number of nitrogens with zero attached hydrogens (tertiary/aromatic N) is 1. The molecule has 2 N–H and O–H groups in total. The fourth-order valence-electron chi connectivity index (χ4n) is 4.17. The van der Waals surface area contributed by atoms with Gasteiger partial charge in [0.15, 0.2) is 0 Å². The number of nitrogens with one attached hydrogen (secondary N) is 1. The summed E-state index contributed by atoms with van der Waals surface area (Å²) < 4.78 is 7.36. The first-order valence-corrected chi connectivity index (χ1v) is 8.84. The van der Waals surface area contributed by atoms with Gasteiger partial charge in [0.1, 0.15) is 5.75 Å². The highest BCUT2D eigenvalue weighted by Crippen LogP contribution is 2.40. The van der Waals surface area contributed by atoms with Crippen molar-refractivity contribution in [2.75, 3.05) is 7.11 Å². The lowest BCUT2D eigenvalue weighted by Gasteiger charge is -2.28. The number of rotatable bonds is 3. The number of carboxylic acids is 1. The van der Waals surface area contributed by atoms with Gasteiger partial charge in [0, 0.05) is 34.9 Å². The van der Waals surface area contributed by atoms with E-state index in [1.54, 1.807) is 13.2 Å². The minimum atomic E-state index is -0.888. The predicted octanol–water partition coefficient (Wildman–Crippen LogP) is 4.22. The average Bonchev–Trinajstić information content (AvgIpc) is 3.27. The first-order chi connectivity index (χ1) is 13.2. The number of hydrogen-bond acceptors (Lipinski definition) is 2. The van der Waals surface area contributed by atoms with Gasteiger partial charge in [0.25, 0.3) is 0 Å². The number of aromatic nitrogens is 2. The van der Waals surface area contributed by atoms with Crippen molar-refractivity contribution in [3.05, 3.63) is 88.9 Å². The van der Waals surface area contributed by atoms with Crippen LogP contribution < -0.4 is 4.74 Å². The van der Waals surface area contributed by atoms with Gasteiger partial charge in [-0.05, 0) is 35.4 Å². The van der Waals surface area contributed by atoms with Crippen LogP contribution >= 0.6 is 0 Å². The highest BCUT2D eigenvalue weighted by Gasteiger charge is 2.32. The van der Waals surface area contributed by atoms with E-state index in [-0.39, 0.29) is 6.04 Å². The Morgan fingerprint density at radius 3 is 2.67 bits per heavy atom. The highest BCUT2D eigenvalue weighted by atomic mass is 16.5. The topological polar surface area (TPSA) is 67.2 Å². The Labute approximate surface area is 155 Å². The van der Waals surface area contributed by atoms with Crippen LogP contribution in [0.1, 0.15) is 38.9 Å². The van der Waals surface area contributed by atoms with E-state index in [1.165, 1.54) is 5.56 Å². The maximum absolute atomic E-state index is 11.7. The Hall–Kier alpha value is -3.47. The summed E-state index contributed by atoms with van der Waals surface area (Å²) in [5.41, 5.74) is 5.63. The van der Waals surface area contributed by atoms with Gasteiger partial charge >= 0.3 is 5.97 Å². The molecule has 0 fully saturated rings. The van der Waals surface area contributed by atoms with E-state index in [1.807, 2.05) is 42.6 Å². The first kappa shape index (κ1) is 15.8. The molecule has 1 aliphatic heterocycles. The summed E-state index contributed by atoms with van der Waals surface area (Å²) in [5.74, 6) is -0.0918. The monoisotopic (exact) mass is 358 g/mol. The molecule has 5 rings (SSSR count). The highest BCUT2D eigenvalue weighted by molar-refractivity contribution is 5.91. The molecule has 0 radical (unpaired) electrons. The number of ether oxygens (including phenoxy) is 1. The van der Waals surface area contributed by atoms with Crippen molar-refractivity contribution < 1.29 is 14.6 Å². The summed E-state index contributed by atoms with van der Waals surface area (Å²) in [4.78, 5) is 15.3. The van der Waals surface area contributed by atoms with Crippen molar-refractivity contribution >= 4 is 16.9 Å². The van der Waals surface area contributed by atoms with Gasteiger partial charge in [-0.25, -0.2) is 4.79 Å². The summed E-state index contributed by atoms with van der Waals surface area (Å²) in [6, 6.07) is 17.7. The van der Waals surface area contributed by atoms with Gasteiger partial charge in [-0.1, -0.05) is 30.3 Å². The van der Waals surface area contributed by atoms with Crippen LogP contribution in [0.15, 0.2) is 60.8 Å². The van der Waals surface area contributed by atoms with Gasteiger partial charge in [-0.15, -0.1) is 0 Å². The Bertz CT molecular complexity index is 1170. The molecule has 0 aliphatic carbocycles. The molecule has 134 valence electrons. The first-order valence-electron chi connectivity index (χ1n) is 8.84. The van der Waals surface area contributed by atoms with Gasteiger partial charge < -0.3 is 19.4 Å². The van der Waals surface area contributed by atoms with E-state index in [9.17, 15) is 9.90 Å². The Kier molecular flexibility index (Phi) is 3.37. The van der Waals surface area contributed by atoms with Crippen LogP contribution in [0.4, 0.5) is 0 Å². The van der Waals surface area contributed by atoms with Crippen LogP contribution in [0.2, 0.25) is 0 Å². The fourth-order valence-corrected chi connectivity index (χ4v) is 4.17. The minimum Gasteiger partial charge on any atom is -0.497 e. The maximum atomic E-state index is 11.7. The molecule has 0 spiro atoms. The zero-order valence-corrected chi connectivity index (χ0v) is 14.8. The second kappa shape index (κ2) is 5.77. The quantitative estimate of drug-likeness (QED) is 0.507. The molecule has 1 unspecified atom stereocenters. The molecule has 0 bridgehead atoms. The van der Waals surface area contributed by atoms with E-state index < -0.39 is 5.97 Å². The average molecular weight is 358 g/mol. The Morgan fingerprint density at radius 1 is 1.15 bits per heavy atom. The largest absolute Gasteiger partial charge is 0.497 e. The number of H-pyrrole nitrogens is 1. The number of hydrogen-bond donors (Lipinski definition) is 2. The molecule has 2 aromatic carbocycles. The van der Waals surface area contributed by atoms with Crippen molar-refractivity contribution in [2.45, 2.75) is 12.5 Å². The summed E-state index contributed by atoms with van der Waals surface area (Å²) >= 11 is 0. The van der Waals surface area contributed by atoms with Gasteiger partial charge in [-0.2, -0.15) is 0 Å². The lowest BCUT2D eigenvalue weighted by molar-refractivity contribution is 0.0695. The van der Waals surface area contributed by atoms with E-state index in [0.717, 1.165) is 33.6 Å². The number of carboxylic acid groups (broad SMARTS) is 1. The lowest BCUT2D eigenvalue weighted by atomic mass is 9.92. The Morgan fingerprint density at radius 2 is 1.93 bits per heavy atom. The fraction of sp³-hybridized carbons (Fsp3) is 0.136.